The molecule has 54 valence electrons. The zero-order chi connectivity index (χ0) is 7.72. The van der Waals surface area contributed by atoms with Crippen molar-refractivity contribution in [1.29, 1.82) is 0 Å². The molecule has 0 fully saturated rings. The molecule has 1 aliphatic rings. The van der Waals surface area contributed by atoms with Gasteiger partial charge in [0.1, 0.15) is 0 Å². The van der Waals surface area contributed by atoms with Gasteiger partial charge in [0.05, 0.1) is 0 Å². The number of hydrogen-bond donors (Lipinski definition) is 0. The molecule has 0 saturated carbocycles. The van der Waals surface area contributed by atoms with E-state index >= 15 is 0 Å². The summed E-state index contributed by atoms with van der Waals surface area (Å²) in [5.41, 5.74) is 2.52. The van der Waals surface area contributed by atoms with E-state index in [9.17, 15) is 0 Å². The Morgan fingerprint density at radius 1 is 1.60 bits per heavy atom. The Morgan fingerprint density at radius 3 is 2.40 bits per heavy atom. The number of nitrogens with zero attached hydrogens (tertiary/aromatic N) is 1. The second-order valence-corrected chi connectivity index (χ2v) is 4.23. The van der Waals surface area contributed by atoms with Crippen LogP contribution >= 0.6 is 0 Å². The number of aliphatic imine (C=N–C) groups is 1. The van der Waals surface area contributed by atoms with E-state index in [4.69, 9.17) is 0 Å². The molecule has 0 aromatic heterocycles. The van der Waals surface area contributed by atoms with Crippen LogP contribution in [0.3, 0.4) is 0 Å². The van der Waals surface area contributed by atoms with Crippen LogP contribution in [-0.2, 0) is 19.4 Å². The molecular weight excluding hydrogens is 294 g/mol. The monoisotopic (exact) mass is 305 g/mol. The summed E-state index contributed by atoms with van der Waals surface area (Å²) in [6, 6.07) is 0. The van der Waals surface area contributed by atoms with Crippen molar-refractivity contribution in [3.05, 3.63) is 12.2 Å². The second kappa shape index (κ2) is 2.92. The molecule has 1 rings (SSSR count). The van der Waals surface area contributed by atoms with Crippen LogP contribution in [0.5, 0.6) is 0 Å². The fraction of sp³-hybridized carbons (Fsp3) is 0.500. The predicted molar refractivity (Wildman–Crippen MR) is 41.0 cm³/mol. The van der Waals surface area contributed by atoms with Gasteiger partial charge in [-0.25, -0.2) is 0 Å². The van der Waals surface area contributed by atoms with Crippen LogP contribution in [0.15, 0.2) is 17.1 Å². The van der Waals surface area contributed by atoms with E-state index in [2.05, 4.69) is 25.4 Å². The molecule has 0 saturated heterocycles. The summed E-state index contributed by atoms with van der Waals surface area (Å²) < 4.78 is 1.20. The summed E-state index contributed by atoms with van der Waals surface area (Å²) in [5.74, 6) is 0.591. The van der Waals surface area contributed by atoms with Crippen molar-refractivity contribution in [3.63, 3.8) is 0 Å². The van der Waals surface area contributed by atoms with E-state index in [1.807, 2.05) is 0 Å². The Labute approximate surface area is 72.6 Å². The molecule has 0 radical (unpaired) electrons. The molecule has 1 nitrogen and oxygen atoms in total. The van der Waals surface area contributed by atoms with Crippen molar-refractivity contribution >= 4 is 9.73 Å². The van der Waals surface area contributed by atoms with Gasteiger partial charge in [0.25, 0.3) is 0 Å². The first kappa shape index (κ1) is 8.07. The van der Waals surface area contributed by atoms with Gasteiger partial charge in [-0.05, 0) is 0 Å². The van der Waals surface area contributed by atoms with Gasteiger partial charge in [-0.2, -0.15) is 0 Å². The van der Waals surface area contributed by atoms with Crippen molar-refractivity contribution in [2.24, 2.45) is 10.9 Å². The molecule has 0 amide bonds. The summed E-state index contributed by atoms with van der Waals surface area (Å²) in [5, 5.41) is 0. The first-order valence-electron chi connectivity index (χ1n) is 3.41. The number of rotatable bonds is 1. The molecule has 0 atom stereocenters. The Kier molecular flexibility index (Phi) is 2.35. The molecule has 10 heavy (non-hydrogen) atoms. The van der Waals surface area contributed by atoms with Gasteiger partial charge >= 0.3 is 72.4 Å². The first-order valence-corrected chi connectivity index (χ1v) is 4.87. The van der Waals surface area contributed by atoms with Gasteiger partial charge in [-0.1, -0.05) is 0 Å². The maximum absolute atomic E-state index is 4.44. The van der Waals surface area contributed by atoms with E-state index < -0.39 is 0 Å². The van der Waals surface area contributed by atoms with Crippen molar-refractivity contribution in [1.82, 2.24) is 0 Å². The van der Waals surface area contributed by atoms with Gasteiger partial charge in [-0.15, -0.1) is 0 Å². The zero-order valence-corrected chi connectivity index (χ0v) is 9.28. The summed E-state index contributed by atoms with van der Waals surface area (Å²) in [7, 11) is 0. The average Bonchev–Trinajstić information content (AvgIpc) is 2.13. The van der Waals surface area contributed by atoms with Crippen molar-refractivity contribution < 1.29 is 19.4 Å². The van der Waals surface area contributed by atoms with Crippen LogP contribution in [0, 0.1) is 5.92 Å². The normalized spacial score (nSPS) is 18.5. The van der Waals surface area contributed by atoms with Crippen LogP contribution < -0.4 is 0 Å². The summed E-state index contributed by atoms with van der Waals surface area (Å²) in [4.78, 5) is 4.44. The molecule has 0 bridgehead atoms. The Balaban J connectivity index is 2.77. The molecule has 0 aromatic carbocycles. The summed E-state index contributed by atoms with van der Waals surface area (Å²) in [6.07, 6.45) is 1.01. The van der Waals surface area contributed by atoms with Gasteiger partial charge in [-0.3, -0.25) is 0 Å². The maximum atomic E-state index is 4.44. The quantitative estimate of drug-likeness (QED) is 0.699. The molecule has 0 aliphatic carbocycles. The Morgan fingerprint density at radius 2 is 2.20 bits per heavy atom. The fourth-order valence-corrected chi connectivity index (χ4v) is 1.56. The molecule has 0 aromatic rings. The van der Waals surface area contributed by atoms with Crippen molar-refractivity contribution in [3.8, 4) is 0 Å². The standard InChI is InChI=1S/C8H11N.W/c1-6(2)8-4-7(3)5-9-8;/h6H,3-4H2,1-2H3;. The molecule has 2 heteroatoms. The molecule has 0 N–H and O–H groups in total. The minimum absolute atomic E-state index is 0.591. The van der Waals surface area contributed by atoms with Crippen molar-refractivity contribution in [2.45, 2.75) is 20.3 Å². The molecule has 0 spiro atoms. The Bertz CT molecular complexity index is 213. The van der Waals surface area contributed by atoms with Gasteiger partial charge < -0.3 is 0 Å². The SMILES string of the molecule is C=C1CC(C(C)C)=N[C]1=[W]. The van der Waals surface area contributed by atoms with E-state index in [0.717, 1.165) is 6.42 Å². The summed E-state index contributed by atoms with van der Waals surface area (Å²) >= 11 is 1.44. The zero-order valence-electron chi connectivity index (χ0n) is 6.35. The third kappa shape index (κ3) is 1.52. The molecule has 0 unspecified atom stereocenters. The third-order valence-corrected chi connectivity index (χ3v) is 2.97. The van der Waals surface area contributed by atoms with Crippen LogP contribution in [0.1, 0.15) is 20.3 Å². The van der Waals surface area contributed by atoms with Gasteiger partial charge in [0.15, 0.2) is 0 Å². The second-order valence-electron chi connectivity index (χ2n) is 2.84. The van der Waals surface area contributed by atoms with Crippen LogP contribution in [0.4, 0.5) is 0 Å². The van der Waals surface area contributed by atoms with E-state index in [1.165, 1.54) is 34.7 Å². The van der Waals surface area contributed by atoms with Crippen molar-refractivity contribution in [2.75, 3.05) is 0 Å². The van der Waals surface area contributed by atoms with E-state index in [0.29, 0.717) is 5.92 Å². The van der Waals surface area contributed by atoms with Gasteiger partial charge in [0, 0.05) is 0 Å². The fourth-order valence-electron chi connectivity index (χ4n) is 0.876. The van der Waals surface area contributed by atoms with E-state index in [1.54, 1.807) is 0 Å². The molecular formula is C8H11NW. The topological polar surface area (TPSA) is 12.4 Å². The first-order chi connectivity index (χ1) is 4.61. The minimum atomic E-state index is 0.591. The summed E-state index contributed by atoms with van der Waals surface area (Å²) in [6.45, 7) is 8.30. The molecule has 1 aliphatic heterocycles. The predicted octanol–water partition coefficient (Wildman–Crippen LogP) is 1.72. The van der Waals surface area contributed by atoms with Gasteiger partial charge in [0.2, 0.25) is 0 Å². The Hall–Kier alpha value is -0.0317. The third-order valence-electron chi connectivity index (χ3n) is 1.61. The van der Waals surface area contributed by atoms with Crippen LogP contribution in [-0.4, -0.2) is 9.73 Å². The molecule has 1 heterocycles. The number of hydrogen-bond acceptors (Lipinski definition) is 1. The van der Waals surface area contributed by atoms with Crippen LogP contribution in [0.25, 0.3) is 0 Å². The average molecular weight is 305 g/mol. The van der Waals surface area contributed by atoms with Crippen LogP contribution in [0.2, 0.25) is 0 Å². The van der Waals surface area contributed by atoms with E-state index in [-0.39, 0.29) is 0 Å².